The Morgan fingerprint density at radius 1 is 1.26 bits per heavy atom. The van der Waals surface area contributed by atoms with Gasteiger partial charge in [0, 0.05) is 26.2 Å². The van der Waals surface area contributed by atoms with E-state index in [1.54, 1.807) is 0 Å². The predicted molar refractivity (Wildman–Crippen MR) is 83.7 cm³/mol. The fourth-order valence-corrected chi connectivity index (χ4v) is 2.23. The van der Waals surface area contributed by atoms with Crippen molar-refractivity contribution in [1.29, 1.82) is 0 Å². The number of aliphatic imine (C=N–C) groups is 1. The molecule has 1 aliphatic rings. The molecule has 0 atom stereocenters. The Bertz CT molecular complexity index is 255. The van der Waals surface area contributed by atoms with Gasteiger partial charge < -0.3 is 15.5 Å². The molecule has 1 fully saturated rings. The average molecular weight is 268 g/mol. The summed E-state index contributed by atoms with van der Waals surface area (Å²) in [4.78, 5) is 7.14. The lowest BCUT2D eigenvalue weighted by molar-refractivity contribution is 0.195. The molecule has 0 aromatic rings. The third-order valence-electron chi connectivity index (χ3n) is 3.56. The highest BCUT2D eigenvalue weighted by Crippen LogP contribution is 2.14. The van der Waals surface area contributed by atoms with E-state index in [-0.39, 0.29) is 0 Å². The number of rotatable bonds is 6. The van der Waals surface area contributed by atoms with Crippen molar-refractivity contribution in [2.75, 3.05) is 39.3 Å². The molecule has 4 nitrogen and oxygen atoms in total. The Hall–Kier alpha value is -0.770. The SMILES string of the molecule is CCNC(=NCC(C)C)NCCN1CCC(C)CC1. The van der Waals surface area contributed by atoms with E-state index in [9.17, 15) is 0 Å². The van der Waals surface area contributed by atoms with Crippen LogP contribution in [0, 0.1) is 11.8 Å². The van der Waals surface area contributed by atoms with Gasteiger partial charge in [-0.05, 0) is 44.7 Å². The molecule has 0 aliphatic carbocycles. The Balaban J connectivity index is 2.22. The first-order valence-corrected chi connectivity index (χ1v) is 7.86. The maximum absolute atomic E-state index is 4.58. The number of hydrogen-bond acceptors (Lipinski definition) is 2. The lowest BCUT2D eigenvalue weighted by Gasteiger charge is -2.30. The number of piperidine rings is 1. The number of nitrogens with zero attached hydrogens (tertiary/aromatic N) is 2. The molecular formula is C15H32N4. The van der Waals surface area contributed by atoms with Gasteiger partial charge in [-0.15, -0.1) is 0 Å². The highest BCUT2D eigenvalue weighted by Gasteiger charge is 2.14. The topological polar surface area (TPSA) is 39.7 Å². The molecule has 0 amide bonds. The smallest absolute Gasteiger partial charge is 0.191 e. The first-order valence-electron chi connectivity index (χ1n) is 7.86. The van der Waals surface area contributed by atoms with E-state index in [4.69, 9.17) is 0 Å². The van der Waals surface area contributed by atoms with Gasteiger partial charge in [0.05, 0.1) is 0 Å². The van der Waals surface area contributed by atoms with E-state index in [0.717, 1.165) is 38.1 Å². The van der Waals surface area contributed by atoms with E-state index in [2.05, 4.69) is 48.2 Å². The van der Waals surface area contributed by atoms with Gasteiger partial charge in [-0.25, -0.2) is 0 Å². The predicted octanol–water partition coefficient (Wildman–Crippen LogP) is 1.93. The van der Waals surface area contributed by atoms with Crippen LogP contribution in [-0.4, -0.2) is 50.1 Å². The van der Waals surface area contributed by atoms with E-state index in [1.165, 1.54) is 25.9 Å². The standard InChI is InChI=1S/C15H32N4/c1-5-16-15(18-12-13(2)3)17-8-11-19-9-6-14(4)7-10-19/h13-14H,5-12H2,1-4H3,(H2,16,17,18). The summed E-state index contributed by atoms with van der Waals surface area (Å²) >= 11 is 0. The molecule has 0 radical (unpaired) electrons. The van der Waals surface area contributed by atoms with Crippen LogP contribution in [0.2, 0.25) is 0 Å². The van der Waals surface area contributed by atoms with Gasteiger partial charge in [-0.1, -0.05) is 20.8 Å². The third kappa shape index (κ3) is 7.41. The van der Waals surface area contributed by atoms with Gasteiger partial charge in [0.15, 0.2) is 5.96 Å². The van der Waals surface area contributed by atoms with Crippen molar-refractivity contribution in [1.82, 2.24) is 15.5 Å². The highest BCUT2D eigenvalue weighted by molar-refractivity contribution is 5.79. The molecule has 2 N–H and O–H groups in total. The van der Waals surface area contributed by atoms with E-state index in [0.29, 0.717) is 5.92 Å². The summed E-state index contributed by atoms with van der Waals surface area (Å²) in [5.74, 6) is 2.48. The second-order valence-electron chi connectivity index (χ2n) is 6.06. The van der Waals surface area contributed by atoms with Crippen molar-refractivity contribution in [2.24, 2.45) is 16.8 Å². The van der Waals surface area contributed by atoms with Gasteiger partial charge in [0.2, 0.25) is 0 Å². The molecule has 0 aromatic heterocycles. The number of nitrogens with one attached hydrogen (secondary N) is 2. The van der Waals surface area contributed by atoms with Crippen molar-refractivity contribution >= 4 is 5.96 Å². The lowest BCUT2D eigenvalue weighted by Crippen LogP contribution is -2.43. The zero-order valence-corrected chi connectivity index (χ0v) is 13.2. The molecule has 1 rings (SSSR count). The van der Waals surface area contributed by atoms with Crippen molar-refractivity contribution in [3.63, 3.8) is 0 Å². The monoisotopic (exact) mass is 268 g/mol. The van der Waals surface area contributed by atoms with Crippen LogP contribution < -0.4 is 10.6 Å². The first-order chi connectivity index (χ1) is 9.11. The van der Waals surface area contributed by atoms with Crippen LogP contribution in [0.4, 0.5) is 0 Å². The Labute approximate surface area is 119 Å². The van der Waals surface area contributed by atoms with Crippen molar-refractivity contribution in [3.05, 3.63) is 0 Å². The largest absolute Gasteiger partial charge is 0.357 e. The minimum Gasteiger partial charge on any atom is -0.357 e. The molecule has 112 valence electrons. The summed E-state index contributed by atoms with van der Waals surface area (Å²) in [6, 6.07) is 0. The maximum atomic E-state index is 4.58. The number of hydrogen-bond donors (Lipinski definition) is 2. The minimum absolute atomic E-state index is 0.610. The van der Waals surface area contributed by atoms with Crippen LogP contribution in [-0.2, 0) is 0 Å². The Morgan fingerprint density at radius 3 is 2.53 bits per heavy atom. The molecule has 4 heteroatoms. The lowest BCUT2D eigenvalue weighted by atomic mass is 9.99. The second-order valence-corrected chi connectivity index (χ2v) is 6.06. The highest BCUT2D eigenvalue weighted by atomic mass is 15.2. The minimum atomic E-state index is 0.610. The fraction of sp³-hybridized carbons (Fsp3) is 0.933. The zero-order valence-electron chi connectivity index (χ0n) is 13.2. The van der Waals surface area contributed by atoms with Crippen molar-refractivity contribution in [2.45, 2.75) is 40.5 Å². The molecule has 0 aromatic carbocycles. The van der Waals surface area contributed by atoms with Crippen LogP contribution in [0.5, 0.6) is 0 Å². The van der Waals surface area contributed by atoms with E-state index >= 15 is 0 Å². The molecule has 0 spiro atoms. The van der Waals surface area contributed by atoms with E-state index in [1.807, 2.05) is 0 Å². The van der Waals surface area contributed by atoms with Gasteiger partial charge in [-0.2, -0.15) is 0 Å². The summed E-state index contributed by atoms with van der Waals surface area (Å²) < 4.78 is 0. The second kappa shape index (κ2) is 9.18. The summed E-state index contributed by atoms with van der Waals surface area (Å²) in [5, 5.41) is 6.73. The summed E-state index contributed by atoms with van der Waals surface area (Å²) in [6.07, 6.45) is 2.70. The quantitative estimate of drug-likeness (QED) is 0.571. The van der Waals surface area contributed by atoms with Crippen LogP contribution >= 0.6 is 0 Å². The van der Waals surface area contributed by atoms with Crippen molar-refractivity contribution < 1.29 is 0 Å². The fourth-order valence-electron chi connectivity index (χ4n) is 2.23. The molecule has 19 heavy (non-hydrogen) atoms. The average Bonchev–Trinajstić information content (AvgIpc) is 2.38. The molecule has 1 aliphatic heterocycles. The third-order valence-corrected chi connectivity index (χ3v) is 3.56. The van der Waals surface area contributed by atoms with Crippen LogP contribution in [0.15, 0.2) is 4.99 Å². The Kier molecular flexibility index (Phi) is 7.87. The maximum Gasteiger partial charge on any atom is 0.191 e. The van der Waals surface area contributed by atoms with Gasteiger partial charge in [-0.3, -0.25) is 4.99 Å². The van der Waals surface area contributed by atoms with E-state index < -0.39 is 0 Å². The molecule has 0 bridgehead atoms. The molecule has 1 saturated heterocycles. The van der Waals surface area contributed by atoms with Gasteiger partial charge in [0.25, 0.3) is 0 Å². The first kappa shape index (κ1) is 16.3. The zero-order chi connectivity index (χ0) is 14.1. The van der Waals surface area contributed by atoms with Gasteiger partial charge in [0.1, 0.15) is 0 Å². The molecule has 0 unspecified atom stereocenters. The van der Waals surface area contributed by atoms with Crippen molar-refractivity contribution in [3.8, 4) is 0 Å². The molecular weight excluding hydrogens is 236 g/mol. The summed E-state index contributed by atoms with van der Waals surface area (Å²) in [6.45, 7) is 15.3. The van der Waals surface area contributed by atoms with Crippen LogP contribution in [0.1, 0.15) is 40.5 Å². The van der Waals surface area contributed by atoms with Crippen LogP contribution in [0.25, 0.3) is 0 Å². The molecule has 0 saturated carbocycles. The normalized spacial score (nSPS) is 18.9. The van der Waals surface area contributed by atoms with Gasteiger partial charge >= 0.3 is 0 Å². The van der Waals surface area contributed by atoms with Crippen LogP contribution in [0.3, 0.4) is 0 Å². The molecule has 1 heterocycles. The number of guanidine groups is 1. The number of likely N-dealkylation sites (tertiary alicyclic amines) is 1. The Morgan fingerprint density at radius 2 is 1.95 bits per heavy atom. The summed E-state index contributed by atoms with van der Waals surface area (Å²) in [7, 11) is 0. The summed E-state index contributed by atoms with van der Waals surface area (Å²) in [5.41, 5.74) is 0.